The maximum Gasteiger partial charge on any atom is 0.274 e. The number of hydrogen-bond donors (Lipinski definition) is 2. The lowest BCUT2D eigenvalue weighted by Crippen LogP contribution is -2.13. The second kappa shape index (κ2) is 5.92. The number of nitrogens with one attached hydrogen (secondary N) is 1. The summed E-state index contributed by atoms with van der Waals surface area (Å²) in [7, 11) is 3.08. The van der Waals surface area contributed by atoms with Crippen LogP contribution in [0.2, 0.25) is 0 Å². The first kappa shape index (κ1) is 13.7. The smallest absolute Gasteiger partial charge is 0.274 e. The highest BCUT2D eigenvalue weighted by molar-refractivity contribution is 6.03. The van der Waals surface area contributed by atoms with E-state index < -0.39 is 0 Å². The molecule has 0 atom stereocenters. The molecule has 104 valence electrons. The molecular weight excluding hydrogens is 258 g/mol. The third-order valence-electron chi connectivity index (χ3n) is 2.66. The number of nitrogen functional groups attached to an aromatic ring is 1. The van der Waals surface area contributed by atoms with Gasteiger partial charge in [0, 0.05) is 11.8 Å². The fourth-order valence-corrected chi connectivity index (χ4v) is 1.65. The zero-order chi connectivity index (χ0) is 14.5. The average molecular weight is 273 g/mol. The summed E-state index contributed by atoms with van der Waals surface area (Å²) in [5.74, 6) is 0.809. The lowest BCUT2D eigenvalue weighted by atomic mass is 10.2. The molecule has 2 aromatic rings. The first-order chi connectivity index (χ1) is 9.63. The molecule has 0 radical (unpaired) electrons. The molecule has 1 aromatic carbocycles. The van der Waals surface area contributed by atoms with Gasteiger partial charge in [-0.15, -0.1) is 0 Å². The second-order valence-electron chi connectivity index (χ2n) is 4.00. The fraction of sp³-hybridized carbons (Fsp3) is 0.143. The third-order valence-corrected chi connectivity index (χ3v) is 2.66. The molecule has 20 heavy (non-hydrogen) atoms. The van der Waals surface area contributed by atoms with Crippen LogP contribution in [0.25, 0.3) is 0 Å². The quantitative estimate of drug-likeness (QED) is 0.889. The van der Waals surface area contributed by atoms with Gasteiger partial charge in [-0.3, -0.25) is 4.79 Å². The van der Waals surface area contributed by atoms with Gasteiger partial charge in [-0.1, -0.05) is 0 Å². The van der Waals surface area contributed by atoms with Crippen molar-refractivity contribution in [2.45, 2.75) is 0 Å². The highest BCUT2D eigenvalue weighted by Gasteiger charge is 2.10. The summed E-state index contributed by atoms with van der Waals surface area (Å²) in [5.41, 5.74) is 6.91. The largest absolute Gasteiger partial charge is 0.493 e. The van der Waals surface area contributed by atoms with Crippen molar-refractivity contribution < 1.29 is 14.3 Å². The molecule has 1 amide bonds. The molecule has 6 nitrogen and oxygen atoms in total. The molecule has 0 bridgehead atoms. The van der Waals surface area contributed by atoms with Crippen molar-refractivity contribution in [2.24, 2.45) is 0 Å². The monoisotopic (exact) mass is 273 g/mol. The van der Waals surface area contributed by atoms with Gasteiger partial charge < -0.3 is 20.5 Å². The zero-order valence-electron chi connectivity index (χ0n) is 11.2. The van der Waals surface area contributed by atoms with E-state index in [2.05, 4.69) is 10.3 Å². The molecule has 1 heterocycles. The van der Waals surface area contributed by atoms with Crippen LogP contribution in [-0.2, 0) is 0 Å². The summed E-state index contributed by atoms with van der Waals surface area (Å²) in [6.45, 7) is 0. The standard InChI is InChI=1S/C14H15N3O3/c1-19-12-6-4-10(7-13(12)20-2)17-14(18)11-5-3-9(15)8-16-11/h3-8H,15H2,1-2H3,(H,17,18). The minimum absolute atomic E-state index is 0.286. The molecule has 0 fully saturated rings. The van der Waals surface area contributed by atoms with Crippen molar-refractivity contribution >= 4 is 17.3 Å². The lowest BCUT2D eigenvalue weighted by Gasteiger charge is -2.10. The number of ether oxygens (including phenoxy) is 2. The number of hydrogen-bond acceptors (Lipinski definition) is 5. The van der Waals surface area contributed by atoms with Gasteiger partial charge in [-0.2, -0.15) is 0 Å². The van der Waals surface area contributed by atoms with Crippen LogP contribution >= 0.6 is 0 Å². The van der Waals surface area contributed by atoms with Crippen LogP contribution in [0.15, 0.2) is 36.5 Å². The first-order valence-electron chi connectivity index (χ1n) is 5.89. The number of rotatable bonds is 4. The Morgan fingerprint density at radius 2 is 1.90 bits per heavy atom. The predicted octanol–water partition coefficient (Wildman–Crippen LogP) is 1.93. The number of aromatic nitrogens is 1. The topological polar surface area (TPSA) is 86.5 Å². The first-order valence-corrected chi connectivity index (χ1v) is 5.89. The number of nitrogens with zero attached hydrogens (tertiary/aromatic N) is 1. The summed E-state index contributed by atoms with van der Waals surface area (Å²) < 4.78 is 10.3. The van der Waals surface area contributed by atoms with Crippen molar-refractivity contribution in [1.82, 2.24) is 4.98 Å². The molecule has 2 rings (SSSR count). The van der Waals surface area contributed by atoms with Crippen molar-refractivity contribution in [3.63, 3.8) is 0 Å². The number of nitrogens with two attached hydrogens (primary N) is 1. The van der Waals surface area contributed by atoms with Gasteiger partial charge in [-0.25, -0.2) is 4.98 Å². The molecule has 3 N–H and O–H groups in total. The maximum absolute atomic E-state index is 12.0. The van der Waals surface area contributed by atoms with Crippen molar-refractivity contribution in [1.29, 1.82) is 0 Å². The van der Waals surface area contributed by atoms with Crippen LogP contribution < -0.4 is 20.5 Å². The summed E-state index contributed by atoms with van der Waals surface area (Å²) in [6.07, 6.45) is 1.43. The van der Waals surface area contributed by atoms with Crippen molar-refractivity contribution in [3.8, 4) is 11.5 Å². The third kappa shape index (κ3) is 2.97. The fourth-order valence-electron chi connectivity index (χ4n) is 1.65. The van der Waals surface area contributed by atoms with E-state index in [1.165, 1.54) is 13.3 Å². The maximum atomic E-state index is 12.0. The van der Waals surface area contributed by atoms with E-state index in [-0.39, 0.29) is 11.6 Å². The molecular formula is C14H15N3O3. The van der Waals surface area contributed by atoms with Crippen LogP contribution in [0.4, 0.5) is 11.4 Å². The number of methoxy groups -OCH3 is 2. The molecule has 6 heteroatoms. The minimum atomic E-state index is -0.322. The Bertz CT molecular complexity index is 612. The summed E-state index contributed by atoms with van der Waals surface area (Å²) in [4.78, 5) is 16.0. The zero-order valence-corrected chi connectivity index (χ0v) is 11.2. The second-order valence-corrected chi connectivity index (χ2v) is 4.00. The van der Waals surface area contributed by atoms with E-state index in [9.17, 15) is 4.79 Å². The molecule has 0 unspecified atom stereocenters. The van der Waals surface area contributed by atoms with Crippen LogP contribution in [0.5, 0.6) is 11.5 Å². The van der Waals surface area contributed by atoms with E-state index >= 15 is 0 Å². The summed E-state index contributed by atoms with van der Waals surface area (Å²) in [5, 5.41) is 2.73. The highest BCUT2D eigenvalue weighted by atomic mass is 16.5. The van der Waals surface area contributed by atoms with Crippen LogP contribution in [0.1, 0.15) is 10.5 Å². The normalized spacial score (nSPS) is 9.90. The minimum Gasteiger partial charge on any atom is -0.493 e. The number of benzene rings is 1. The van der Waals surface area contributed by atoms with E-state index in [0.29, 0.717) is 22.9 Å². The van der Waals surface area contributed by atoms with E-state index in [0.717, 1.165) is 0 Å². The predicted molar refractivity (Wildman–Crippen MR) is 76.1 cm³/mol. The number of pyridine rings is 1. The van der Waals surface area contributed by atoms with Gasteiger partial charge in [-0.05, 0) is 24.3 Å². The van der Waals surface area contributed by atoms with Gasteiger partial charge >= 0.3 is 0 Å². The van der Waals surface area contributed by atoms with Crippen LogP contribution in [-0.4, -0.2) is 25.1 Å². The Balaban J connectivity index is 2.17. The number of anilines is 2. The van der Waals surface area contributed by atoms with Gasteiger partial charge in [0.1, 0.15) is 5.69 Å². The molecule has 0 aliphatic carbocycles. The summed E-state index contributed by atoms with van der Waals surface area (Å²) >= 11 is 0. The number of carbonyl (C=O) groups is 1. The average Bonchev–Trinajstić information content (AvgIpc) is 2.47. The highest BCUT2D eigenvalue weighted by Crippen LogP contribution is 2.29. The van der Waals surface area contributed by atoms with E-state index in [1.807, 2.05) is 0 Å². The molecule has 0 saturated carbocycles. The van der Waals surface area contributed by atoms with Crippen molar-refractivity contribution in [3.05, 3.63) is 42.2 Å². The molecule has 1 aromatic heterocycles. The van der Waals surface area contributed by atoms with Crippen LogP contribution in [0.3, 0.4) is 0 Å². The molecule has 0 aliphatic heterocycles. The Labute approximate surface area is 116 Å². The Kier molecular flexibility index (Phi) is 4.05. The number of carbonyl (C=O) groups excluding carboxylic acids is 1. The Hall–Kier alpha value is -2.76. The lowest BCUT2D eigenvalue weighted by molar-refractivity contribution is 0.102. The SMILES string of the molecule is COc1ccc(NC(=O)c2ccc(N)cn2)cc1OC. The summed E-state index contributed by atoms with van der Waals surface area (Å²) in [6, 6.07) is 8.29. The number of amides is 1. The Morgan fingerprint density at radius 1 is 1.15 bits per heavy atom. The van der Waals surface area contributed by atoms with Gasteiger partial charge in [0.15, 0.2) is 11.5 Å². The molecule has 0 spiro atoms. The Morgan fingerprint density at radius 3 is 2.50 bits per heavy atom. The van der Waals surface area contributed by atoms with Gasteiger partial charge in [0.25, 0.3) is 5.91 Å². The molecule has 0 saturated heterocycles. The van der Waals surface area contributed by atoms with Gasteiger partial charge in [0.05, 0.1) is 26.1 Å². The molecule has 0 aliphatic rings. The van der Waals surface area contributed by atoms with Gasteiger partial charge in [0.2, 0.25) is 0 Å². The van der Waals surface area contributed by atoms with Crippen LogP contribution in [0, 0.1) is 0 Å². The van der Waals surface area contributed by atoms with E-state index in [4.69, 9.17) is 15.2 Å². The van der Waals surface area contributed by atoms with E-state index in [1.54, 1.807) is 37.4 Å². The van der Waals surface area contributed by atoms with Crippen molar-refractivity contribution in [2.75, 3.05) is 25.3 Å².